The van der Waals surface area contributed by atoms with Crippen molar-refractivity contribution in [2.24, 2.45) is 0 Å². The summed E-state index contributed by atoms with van der Waals surface area (Å²) in [5.41, 5.74) is 2.22. The predicted octanol–water partition coefficient (Wildman–Crippen LogP) is 4.61. The standard InChI is InChI=1S/C22H21ClN3O3/c23-18-10-8-16(9-11-18)20-14-24-12-3-1-2-7-22(24)25(20)15-21(27)17-5-4-6-19(13-17)26(28)29/h4-6,8-11,13-14H,1-3,7,12,15H2/q+1. The molecule has 0 fully saturated rings. The Morgan fingerprint density at radius 2 is 1.93 bits per heavy atom. The number of halogens is 1. The normalized spacial score (nSPS) is 13.6. The van der Waals surface area contributed by atoms with E-state index in [2.05, 4.69) is 15.3 Å². The topological polar surface area (TPSA) is 69.0 Å². The minimum Gasteiger partial charge on any atom is -0.290 e. The van der Waals surface area contributed by atoms with Crippen molar-refractivity contribution in [2.45, 2.75) is 38.8 Å². The molecule has 4 rings (SSSR count). The van der Waals surface area contributed by atoms with E-state index in [0.29, 0.717) is 10.6 Å². The van der Waals surface area contributed by atoms with Crippen molar-refractivity contribution in [3.63, 3.8) is 0 Å². The van der Waals surface area contributed by atoms with Gasteiger partial charge in [-0.25, -0.2) is 9.13 Å². The highest BCUT2D eigenvalue weighted by Gasteiger charge is 2.28. The van der Waals surface area contributed by atoms with Crippen LogP contribution in [0.5, 0.6) is 0 Å². The molecule has 1 aromatic heterocycles. The summed E-state index contributed by atoms with van der Waals surface area (Å²) in [4.78, 5) is 23.6. The van der Waals surface area contributed by atoms with Crippen molar-refractivity contribution in [1.82, 2.24) is 4.57 Å². The number of nitrogens with zero attached hydrogens (tertiary/aromatic N) is 3. The van der Waals surface area contributed by atoms with E-state index in [1.165, 1.54) is 12.1 Å². The lowest BCUT2D eigenvalue weighted by atomic mass is 10.1. The molecule has 148 valence electrons. The molecule has 0 unspecified atom stereocenters. The van der Waals surface area contributed by atoms with Crippen LogP contribution < -0.4 is 4.57 Å². The van der Waals surface area contributed by atoms with Crippen LogP contribution in [0, 0.1) is 10.1 Å². The number of carbonyl (C=O) groups excluding carboxylic acids is 1. The molecule has 1 aliphatic heterocycles. The molecule has 0 saturated heterocycles. The lowest BCUT2D eigenvalue weighted by molar-refractivity contribution is -0.702. The first kappa shape index (κ1) is 19.3. The summed E-state index contributed by atoms with van der Waals surface area (Å²) >= 11 is 6.05. The predicted molar refractivity (Wildman–Crippen MR) is 110 cm³/mol. The van der Waals surface area contributed by atoms with Crippen molar-refractivity contribution < 1.29 is 14.3 Å². The first-order valence-corrected chi connectivity index (χ1v) is 10.1. The van der Waals surface area contributed by atoms with Gasteiger partial charge in [0.2, 0.25) is 5.78 Å². The second-order valence-electron chi connectivity index (χ2n) is 7.26. The number of fused-ring (bicyclic) bond motifs is 1. The van der Waals surface area contributed by atoms with E-state index in [4.69, 9.17) is 11.6 Å². The molecular formula is C22H21ClN3O3+. The highest BCUT2D eigenvalue weighted by Crippen LogP contribution is 2.25. The zero-order valence-electron chi connectivity index (χ0n) is 15.9. The van der Waals surface area contributed by atoms with E-state index in [9.17, 15) is 14.9 Å². The Bertz CT molecular complexity index is 1070. The maximum Gasteiger partial charge on any atom is 0.270 e. The number of Topliss-reactive ketones (excluding diaryl/α,β-unsaturated/α-hetero) is 1. The first-order chi connectivity index (χ1) is 14.0. The summed E-state index contributed by atoms with van der Waals surface area (Å²) in [5.74, 6) is 0.971. The summed E-state index contributed by atoms with van der Waals surface area (Å²) in [5, 5.41) is 11.7. The number of benzene rings is 2. The maximum atomic E-state index is 13.0. The van der Waals surface area contributed by atoms with Crippen LogP contribution in [0.3, 0.4) is 0 Å². The largest absolute Gasteiger partial charge is 0.290 e. The average Bonchev–Trinajstić information content (AvgIpc) is 2.89. The zero-order chi connectivity index (χ0) is 20.4. The lowest BCUT2D eigenvalue weighted by Crippen LogP contribution is -2.36. The summed E-state index contributed by atoms with van der Waals surface area (Å²) in [6.45, 7) is 1.06. The van der Waals surface area contributed by atoms with Crippen molar-refractivity contribution in [3.8, 4) is 11.3 Å². The SMILES string of the molecule is O=C(Cn1c(-c2ccc(Cl)cc2)c[n+]2c1CCCCC2)c1cccc([N+](=O)[O-])c1. The molecule has 2 aromatic carbocycles. The number of non-ortho nitro benzene ring substituents is 1. The number of aryl methyl sites for hydroxylation is 1. The van der Waals surface area contributed by atoms with Crippen LogP contribution in [0.4, 0.5) is 5.69 Å². The van der Waals surface area contributed by atoms with Gasteiger partial charge in [0.05, 0.1) is 11.5 Å². The molecule has 7 heteroatoms. The fraction of sp³-hybridized carbons (Fsp3) is 0.273. The van der Waals surface area contributed by atoms with Crippen LogP contribution >= 0.6 is 11.6 Å². The van der Waals surface area contributed by atoms with Crippen LogP contribution in [0.25, 0.3) is 11.3 Å². The van der Waals surface area contributed by atoms with E-state index in [0.717, 1.165) is 49.3 Å². The second-order valence-corrected chi connectivity index (χ2v) is 7.69. The van der Waals surface area contributed by atoms with Crippen molar-refractivity contribution in [3.05, 3.63) is 81.3 Å². The van der Waals surface area contributed by atoms with Gasteiger partial charge in [-0.3, -0.25) is 14.9 Å². The lowest BCUT2D eigenvalue weighted by Gasteiger charge is -2.06. The second kappa shape index (κ2) is 8.17. The minimum atomic E-state index is -0.479. The van der Waals surface area contributed by atoms with Crippen LogP contribution in [0.15, 0.2) is 54.7 Å². The number of hydrogen-bond acceptors (Lipinski definition) is 3. The molecule has 29 heavy (non-hydrogen) atoms. The van der Waals surface area contributed by atoms with Crippen LogP contribution in [-0.4, -0.2) is 15.3 Å². The van der Waals surface area contributed by atoms with E-state index in [1.807, 2.05) is 24.3 Å². The zero-order valence-corrected chi connectivity index (χ0v) is 16.6. The smallest absolute Gasteiger partial charge is 0.270 e. The summed E-state index contributed by atoms with van der Waals surface area (Å²) in [6, 6.07) is 13.5. The third-order valence-corrected chi connectivity index (χ3v) is 5.58. The quantitative estimate of drug-likeness (QED) is 0.267. The van der Waals surface area contributed by atoms with Gasteiger partial charge >= 0.3 is 0 Å². The summed E-state index contributed by atoms with van der Waals surface area (Å²) in [6.07, 6.45) is 6.35. The van der Waals surface area contributed by atoms with Crippen LogP contribution in [0.2, 0.25) is 5.02 Å². The van der Waals surface area contributed by atoms with Crippen molar-refractivity contribution in [1.29, 1.82) is 0 Å². The Morgan fingerprint density at radius 3 is 2.69 bits per heavy atom. The molecular weight excluding hydrogens is 390 g/mol. The van der Waals surface area contributed by atoms with Gasteiger partial charge in [0.15, 0.2) is 12.2 Å². The van der Waals surface area contributed by atoms with Crippen LogP contribution in [0.1, 0.15) is 35.4 Å². The Labute approximate surface area is 173 Å². The van der Waals surface area contributed by atoms with E-state index in [-0.39, 0.29) is 18.0 Å². The van der Waals surface area contributed by atoms with Crippen LogP contribution in [-0.2, 0) is 19.5 Å². The molecule has 3 aromatic rings. The Morgan fingerprint density at radius 1 is 1.14 bits per heavy atom. The van der Waals surface area contributed by atoms with Gasteiger partial charge in [0.1, 0.15) is 6.20 Å². The monoisotopic (exact) mass is 410 g/mol. The Balaban J connectivity index is 1.74. The van der Waals surface area contributed by atoms with Gasteiger partial charge in [0, 0.05) is 34.7 Å². The molecule has 1 aliphatic rings. The molecule has 6 nitrogen and oxygen atoms in total. The molecule has 0 bridgehead atoms. The molecule has 0 N–H and O–H groups in total. The third-order valence-electron chi connectivity index (χ3n) is 5.33. The highest BCUT2D eigenvalue weighted by molar-refractivity contribution is 6.30. The fourth-order valence-corrected chi connectivity index (χ4v) is 3.98. The number of nitro benzene ring substituents is 1. The number of carbonyl (C=O) groups is 1. The van der Waals surface area contributed by atoms with E-state index >= 15 is 0 Å². The van der Waals surface area contributed by atoms with Crippen molar-refractivity contribution in [2.75, 3.05) is 0 Å². The van der Waals surface area contributed by atoms with Gasteiger partial charge in [-0.2, -0.15) is 0 Å². The number of aromatic nitrogens is 2. The summed E-state index contributed by atoms with van der Waals surface area (Å²) < 4.78 is 4.29. The summed E-state index contributed by atoms with van der Waals surface area (Å²) in [7, 11) is 0. The maximum absolute atomic E-state index is 13.0. The third kappa shape index (κ3) is 4.07. The molecule has 0 amide bonds. The van der Waals surface area contributed by atoms with Gasteiger partial charge in [-0.05, 0) is 43.5 Å². The van der Waals surface area contributed by atoms with E-state index < -0.39 is 4.92 Å². The Kier molecular flexibility index (Phi) is 5.45. The number of ketones is 1. The molecule has 0 spiro atoms. The van der Waals surface area contributed by atoms with Gasteiger partial charge in [0.25, 0.3) is 11.5 Å². The van der Waals surface area contributed by atoms with Gasteiger partial charge in [-0.1, -0.05) is 23.7 Å². The molecule has 0 saturated carbocycles. The molecule has 0 aliphatic carbocycles. The van der Waals surface area contributed by atoms with E-state index in [1.54, 1.807) is 12.1 Å². The number of nitro groups is 1. The highest BCUT2D eigenvalue weighted by atomic mass is 35.5. The van der Waals surface area contributed by atoms with Crippen molar-refractivity contribution >= 4 is 23.1 Å². The molecule has 0 atom stereocenters. The van der Waals surface area contributed by atoms with Gasteiger partial charge in [-0.15, -0.1) is 0 Å². The average molecular weight is 411 g/mol. The minimum absolute atomic E-state index is 0.0746. The molecule has 2 heterocycles. The Hall–Kier alpha value is -2.99. The first-order valence-electron chi connectivity index (χ1n) is 9.68. The molecule has 0 radical (unpaired) electrons. The number of hydrogen-bond donors (Lipinski definition) is 0. The number of imidazole rings is 1. The van der Waals surface area contributed by atoms with Gasteiger partial charge < -0.3 is 0 Å². The number of rotatable bonds is 5. The fourth-order valence-electron chi connectivity index (χ4n) is 3.86.